The first kappa shape index (κ1) is 12.9. The van der Waals surface area contributed by atoms with E-state index in [9.17, 15) is 4.79 Å². The van der Waals surface area contributed by atoms with Crippen LogP contribution in [0.5, 0.6) is 0 Å². The third kappa shape index (κ3) is 3.25. The second-order valence-corrected chi connectivity index (χ2v) is 4.78. The van der Waals surface area contributed by atoms with Crippen molar-refractivity contribution in [2.24, 2.45) is 5.10 Å². The van der Waals surface area contributed by atoms with Crippen molar-refractivity contribution in [3.8, 4) is 0 Å². The van der Waals surface area contributed by atoms with E-state index in [1.807, 2.05) is 0 Å². The standard InChI is InChI=1S/C11H16N4O2S/c1-2-17-11(16)9-10(18-15-13-9)14-12-8-6-4-3-5-7-8/h14H,2-7H2,1H3. The molecule has 0 unspecified atom stereocenters. The van der Waals surface area contributed by atoms with Gasteiger partial charge in [0.05, 0.1) is 6.61 Å². The van der Waals surface area contributed by atoms with Gasteiger partial charge in [-0.15, -0.1) is 5.10 Å². The summed E-state index contributed by atoms with van der Waals surface area (Å²) in [5, 5.41) is 8.63. The molecule has 1 fully saturated rings. The molecule has 1 aromatic heterocycles. The lowest BCUT2D eigenvalue weighted by atomic mass is 9.99. The number of anilines is 1. The van der Waals surface area contributed by atoms with Gasteiger partial charge in [-0.05, 0) is 32.6 Å². The molecular formula is C11H16N4O2S. The first-order valence-electron chi connectivity index (χ1n) is 6.12. The number of aromatic nitrogens is 2. The molecule has 1 N–H and O–H groups in total. The van der Waals surface area contributed by atoms with Crippen LogP contribution in [0.3, 0.4) is 0 Å². The molecule has 0 saturated heterocycles. The van der Waals surface area contributed by atoms with Crippen LogP contribution >= 0.6 is 11.5 Å². The smallest absolute Gasteiger partial charge is 0.362 e. The fourth-order valence-electron chi connectivity index (χ4n) is 1.80. The Labute approximate surface area is 110 Å². The van der Waals surface area contributed by atoms with Crippen LogP contribution in [0.4, 0.5) is 5.00 Å². The third-order valence-electron chi connectivity index (χ3n) is 2.70. The first-order valence-corrected chi connectivity index (χ1v) is 6.89. The van der Waals surface area contributed by atoms with E-state index >= 15 is 0 Å². The Hall–Kier alpha value is -1.50. The van der Waals surface area contributed by atoms with Gasteiger partial charge in [-0.2, -0.15) is 5.10 Å². The molecule has 1 aromatic rings. The molecule has 7 heteroatoms. The second-order valence-electron chi connectivity index (χ2n) is 4.02. The predicted octanol–water partition coefficient (Wildman–Crippen LogP) is 2.45. The molecule has 0 radical (unpaired) electrons. The third-order valence-corrected chi connectivity index (χ3v) is 3.33. The predicted molar refractivity (Wildman–Crippen MR) is 70.0 cm³/mol. The van der Waals surface area contributed by atoms with Gasteiger partial charge in [0, 0.05) is 17.2 Å². The molecule has 98 valence electrons. The van der Waals surface area contributed by atoms with Gasteiger partial charge in [-0.1, -0.05) is 10.9 Å². The maximum atomic E-state index is 11.6. The molecule has 2 rings (SSSR count). The Balaban J connectivity index is 2.01. The average Bonchev–Trinajstić information content (AvgIpc) is 2.86. The van der Waals surface area contributed by atoms with Gasteiger partial charge in [0.15, 0.2) is 5.00 Å². The average molecular weight is 268 g/mol. The van der Waals surface area contributed by atoms with E-state index in [4.69, 9.17) is 4.74 Å². The normalized spacial score (nSPS) is 15.3. The van der Waals surface area contributed by atoms with Crippen LogP contribution in [0.2, 0.25) is 0 Å². The number of hydrogen-bond donors (Lipinski definition) is 1. The quantitative estimate of drug-likeness (QED) is 0.670. The Morgan fingerprint density at radius 2 is 2.22 bits per heavy atom. The fourth-order valence-corrected chi connectivity index (χ4v) is 2.30. The highest BCUT2D eigenvalue weighted by atomic mass is 32.1. The van der Waals surface area contributed by atoms with Crippen LogP contribution in [-0.4, -0.2) is 27.9 Å². The minimum atomic E-state index is -0.461. The first-order chi connectivity index (χ1) is 8.81. The second kappa shape index (κ2) is 6.44. The van der Waals surface area contributed by atoms with Crippen molar-refractivity contribution in [1.82, 2.24) is 9.59 Å². The van der Waals surface area contributed by atoms with Crippen molar-refractivity contribution >= 4 is 28.2 Å². The van der Waals surface area contributed by atoms with Gasteiger partial charge in [0.1, 0.15) is 0 Å². The van der Waals surface area contributed by atoms with E-state index in [2.05, 4.69) is 20.1 Å². The Kier molecular flexibility index (Phi) is 4.63. The Morgan fingerprint density at radius 1 is 1.44 bits per heavy atom. The molecule has 0 aromatic carbocycles. The molecule has 18 heavy (non-hydrogen) atoms. The number of carbonyl (C=O) groups excluding carboxylic acids is 1. The summed E-state index contributed by atoms with van der Waals surface area (Å²) in [7, 11) is 0. The van der Waals surface area contributed by atoms with E-state index in [0.29, 0.717) is 11.6 Å². The van der Waals surface area contributed by atoms with Gasteiger partial charge >= 0.3 is 5.97 Å². The van der Waals surface area contributed by atoms with Crippen LogP contribution in [-0.2, 0) is 4.74 Å². The van der Waals surface area contributed by atoms with Gasteiger partial charge in [0.25, 0.3) is 0 Å². The van der Waals surface area contributed by atoms with E-state index in [1.165, 1.54) is 19.3 Å². The summed E-state index contributed by atoms with van der Waals surface area (Å²) in [6, 6.07) is 0. The van der Waals surface area contributed by atoms with Gasteiger partial charge in [-0.25, -0.2) is 4.79 Å². The van der Waals surface area contributed by atoms with Crippen LogP contribution < -0.4 is 5.43 Å². The van der Waals surface area contributed by atoms with Crippen molar-refractivity contribution in [3.63, 3.8) is 0 Å². The van der Waals surface area contributed by atoms with Crippen molar-refractivity contribution in [1.29, 1.82) is 0 Å². The van der Waals surface area contributed by atoms with E-state index in [0.717, 1.165) is 30.1 Å². The summed E-state index contributed by atoms with van der Waals surface area (Å²) in [6.07, 6.45) is 5.69. The van der Waals surface area contributed by atoms with Crippen molar-refractivity contribution in [2.75, 3.05) is 12.0 Å². The molecule has 1 heterocycles. The molecule has 0 bridgehead atoms. The molecule has 1 saturated carbocycles. The summed E-state index contributed by atoms with van der Waals surface area (Å²) in [5.74, 6) is -0.461. The van der Waals surface area contributed by atoms with Gasteiger partial charge < -0.3 is 4.74 Å². The number of hydrazone groups is 1. The van der Waals surface area contributed by atoms with E-state index < -0.39 is 5.97 Å². The van der Waals surface area contributed by atoms with Crippen LogP contribution in [0, 0.1) is 0 Å². The molecule has 1 aliphatic carbocycles. The lowest BCUT2D eigenvalue weighted by Crippen LogP contribution is -2.10. The monoisotopic (exact) mass is 268 g/mol. The molecule has 0 amide bonds. The number of ether oxygens (including phenoxy) is 1. The highest BCUT2D eigenvalue weighted by Crippen LogP contribution is 2.20. The van der Waals surface area contributed by atoms with E-state index in [-0.39, 0.29) is 5.69 Å². The SMILES string of the molecule is CCOC(=O)c1nnsc1NN=C1CCCCC1. The van der Waals surface area contributed by atoms with Crippen LogP contribution in [0.25, 0.3) is 0 Å². The minimum absolute atomic E-state index is 0.210. The zero-order valence-corrected chi connectivity index (χ0v) is 11.1. The van der Waals surface area contributed by atoms with Gasteiger partial charge in [0.2, 0.25) is 5.69 Å². The largest absolute Gasteiger partial charge is 0.461 e. The summed E-state index contributed by atoms with van der Waals surface area (Å²) < 4.78 is 8.64. The van der Waals surface area contributed by atoms with Crippen LogP contribution in [0.15, 0.2) is 5.10 Å². The van der Waals surface area contributed by atoms with Crippen molar-refractivity contribution < 1.29 is 9.53 Å². The topological polar surface area (TPSA) is 76.5 Å². The maximum absolute atomic E-state index is 11.6. The van der Waals surface area contributed by atoms with Gasteiger partial charge in [-0.3, -0.25) is 5.43 Å². The maximum Gasteiger partial charge on any atom is 0.362 e. The number of nitrogens with one attached hydrogen (secondary N) is 1. The molecule has 0 atom stereocenters. The van der Waals surface area contributed by atoms with Crippen molar-refractivity contribution in [3.05, 3.63) is 5.69 Å². The number of hydrogen-bond acceptors (Lipinski definition) is 7. The number of nitrogens with zero attached hydrogens (tertiary/aromatic N) is 3. The fraction of sp³-hybridized carbons (Fsp3) is 0.636. The lowest BCUT2D eigenvalue weighted by molar-refractivity contribution is 0.0520. The minimum Gasteiger partial charge on any atom is -0.461 e. The zero-order chi connectivity index (χ0) is 12.8. The zero-order valence-electron chi connectivity index (χ0n) is 10.3. The van der Waals surface area contributed by atoms with Crippen LogP contribution in [0.1, 0.15) is 49.5 Å². The number of rotatable bonds is 4. The molecule has 0 aliphatic heterocycles. The number of esters is 1. The molecule has 1 aliphatic rings. The summed E-state index contributed by atoms with van der Waals surface area (Å²) in [5.41, 5.74) is 4.24. The lowest BCUT2D eigenvalue weighted by Gasteiger charge is -2.11. The van der Waals surface area contributed by atoms with E-state index in [1.54, 1.807) is 6.92 Å². The molecular weight excluding hydrogens is 252 g/mol. The summed E-state index contributed by atoms with van der Waals surface area (Å²) >= 11 is 1.11. The highest BCUT2D eigenvalue weighted by Gasteiger charge is 2.17. The Bertz CT molecular complexity index is 436. The Morgan fingerprint density at radius 3 is 2.94 bits per heavy atom. The summed E-state index contributed by atoms with van der Waals surface area (Å²) in [4.78, 5) is 11.6. The molecule has 6 nitrogen and oxygen atoms in total. The summed E-state index contributed by atoms with van der Waals surface area (Å²) in [6.45, 7) is 2.08. The number of carbonyl (C=O) groups is 1. The molecule has 0 spiro atoms. The van der Waals surface area contributed by atoms with Crippen molar-refractivity contribution in [2.45, 2.75) is 39.0 Å². The highest BCUT2D eigenvalue weighted by molar-refractivity contribution is 7.10.